The monoisotopic (exact) mass is 197 g/mol. The summed E-state index contributed by atoms with van der Waals surface area (Å²) in [5.74, 6) is 0. The van der Waals surface area contributed by atoms with Gasteiger partial charge in [-0.3, -0.25) is 0 Å². The van der Waals surface area contributed by atoms with Crippen LogP contribution in [0, 0.1) is 6.92 Å². The van der Waals surface area contributed by atoms with Crippen LogP contribution in [0.1, 0.15) is 24.5 Å². The van der Waals surface area contributed by atoms with Crippen LogP contribution in [0.25, 0.3) is 10.8 Å². The van der Waals surface area contributed by atoms with Gasteiger partial charge in [0, 0.05) is 0 Å². The van der Waals surface area contributed by atoms with E-state index in [0.717, 1.165) is 12.8 Å². The summed E-state index contributed by atoms with van der Waals surface area (Å²) in [5.41, 5.74) is 2.81. The third-order valence-corrected chi connectivity index (χ3v) is 2.82. The zero-order valence-corrected chi connectivity index (χ0v) is 9.29. The summed E-state index contributed by atoms with van der Waals surface area (Å²) < 4.78 is 0. The van der Waals surface area contributed by atoms with E-state index in [2.05, 4.69) is 50.2 Å². The Hall–Kier alpha value is -1.30. The van der Waals surface area contributed by atoms with Gasteiger partial charge in [0.2, 0.25) is 0 Å². The van der Waals surface area contributed by atoms with Crippen molar-refractivity contribution in [1.82, 2.24) is 0 Å². The molecule has 0 fully saturated rings. The first kappa shape index (κ1) is 10.2. The molecule has 0 bridgehead atoms. The van der Waals surface area contributed by atoms with E-state index in [-0.39, 0.29) is 0 Å². The van der Waals surface area contributed by atoms with E-state index in [4.69, 9.17) is 0 Å². The molecule has 0 saturated heterocycles. The lowest BCUT2D eigenvalue weighted by atomic mass is 9.97. The van der Waals surface area contributed by atoms with Gasteiger partial charge >= 0.3 is 0 Å². The molecule has 0 aromatic heterocycles. The van der Waals surface area contributed by atoms with Gasteiger partial charge in [0.05, 0.1) is 0 Å². The topological polar surface area (TPSA) is 0 Å². The van der Waals surface area contributed by atoms with E-state index in [1.54, 1.807) is 0 Å². The first-order chi connectivity index (χ1) is 7.35. The van der Waals surface area contributed by atoms with Crippen molar-refractivity contribution in [3.8, 4) is 0 Å². The van der Waals surface area contributed by atoms with Crippen LogP contribution in [-0.2, 0) is 12.8 Å². The lowest BCUT2D eigenvalue weighted by Crippen LogP contribution is -1.89. The zero-order valence-electron chi connectivity index (χ0n) is 9.29. The molecule has 0 aliphatic rings. The standard InChI is InChI=1S/C15H17/c1-3-7-12-10-13(4-2)15-9-6-5-8-14(15)11-12/h5-6,8-11H,2-4,7H2,1H3. The van der Waals surface area contributed by atoms with Gasteiger partial charge in [0.15, 0.2) is 0 Å². The fraction of sp³-hybridized carbons (Fsp3) is 0.267. The third-order valence-electron chi connectivity index (χ3n) is 2.82. The molecule has 0 nitrogen and oxygen atoms in total. The van der Waals surface area contributed by atoms with E-state index in [0.29, 0.717) is 0 Å². The molecule has 0 atom stereocenters. The lowest BCUT2D eigenvalue weighted by molar-refractivity contribution is 0.921. The Morgan fingerprint density at radius 1 is 1.13 bits per heavy atom. The average molecular weight is 197 g/mol. The second kappa shape index (κ2) is 4.48. The molecule has 0 amide bonds. The van der Waals surface area contributed by atoms with Crippen LogP contribution in [0.4, 0.5) is 0 Å². The van der Waals surface area contributed by atoms with E-state index < -0.39 is 0 Å². The van der Waals surface area contributed by atoms with Crippen LogP contribution in [0.15, 0.2) is 36.4 Å². The Kier molecular flexibility index (Phi) is 3.05. The molecule has 0 heteroatoms. The molecule has 0 aliphatic heterocycles. The minimum absolute atomic E-state index is 0.873. The molecule has 2 aromatic rings. The molecule has 77 valence electrons. The fourth-order valence-corrected chi connectivity index (χ4v) is 2.10. The zero-order chi connectivity index (χ0) is 10.7. The smallest absolute Gasteiger partial charge is 0.0152 e. The molecule has 15 heavy (non-hydrogen) atoms. The maximum absolute atomic E-state index is 4.01. The lowest BCUT2D eigenvalue weighted by Gasteiger charge is -2.08. The van der Waals surface area contributed by atoms with Crippen LogP contribution >= 0.6 is 0 Å². The van der Waals surface area contributed by atoms with Gasteiger partial charge in [-0.25, -0.2) is 0 Å². The molecular formula is C15H17. The summed E-state index contributed by atoms with van der Waals surface area (Å²) in [4.78, 5) is 0. The van der Waals surface area contributed by atoms with E-state index in [1.807, 2.05) is 0 Å². The van der Waals surface area contributed by atoms with Crippen LogP contribution in [0.2, 0.25) is 0 Å². The van der Waals surface area contributed by atoms with Gasteiger partial charge in [-0.2, -0.15) is 0 Å². The molecule has 0 N–H and O–H groups in total. The van der Waals surface area contributed by atoms with E-state index in [9.17, 15) is 0 Å². The number of aryl methyl sites for hydroxylation is 1. The predicted octanol–water partition coefficient (Wildman–Crippen LogP) is 4.17. The molecule has 2 rings (SSSR count). The highest BCUT2D eigenvalue weighted by Crippen LogP contribution is 2.22. The Balaban J connectivity index is 2.60. The molecule has 0 saturated carbocycles. The summed E-state index contributed by atoms with van der Waals surface area (Å²) in [6, 6.07) is 13.2. The maximum atomic E-state index is 4.01. The summed E-state index contributed by atoms with van der Waals surface area (Å²) in [6.45, 7) is 6.23. The summed E-state index contributed by atoms with van der Waals surface area (Å²) in [5, 5.41) is 2.70. The molecule has 2 aromatic carbocycles. The van der Waals surface area contributed by atoms with Crippen molar-refractivity contribution in [2.24, 2.45) is 0 Å². The molecular weight excluding hydrogens is 180 g/mol. The van der Waals surface area contributed by atoms with Gasteiger partial charge in [-0.1, -0.05) is 49.7 Å². The normalized spacial score (nSPS) is 10.8. The van der Waals surface area contributed by atoms with Gasteiger partial charge < -0.3 is 0 Å². The van der Waals surface area contributed by atoms with Crippen LogP contribution in [0.5, 0.6) is 0 Å². The van der Waals surface area contributed by atoms with Gasteiger partial charge in [-0.05, 0) is 41.7 Å². The van der Waals surface area contributed by atoms with Crippen LogP contribution in [0.3, 0.4) is 0 Å². The highest BCUT2D eigenvalue weighted by atomic mass is 14.1. The van der Waals surface area contributed by atoms with Gasteiger partial charge in [0.25, 0.3) is 0 Å². The molecule has 1 radical (unpaired) electrons. The van der Waals surface area contributed by atoms with Gasteiger partial charge in [-0.15, -0.1) is 0 Å². The van der Waals surface area contributed by atoms with E-state index in [1.165, 1.54) is 28.3 Å². The summed E-state index contributed by atoms with van der Waals surface area (Å²) in [6.07, 6.45) is 3.24. The highest BCUT2D eigenvalue weighted by molar-refractivity contribution is 5.86. The quantitative estimate of drug-likeness (QED) is 0.692. The van der Waals surface area contributed by atoms with Gasteiger partial charge in [0.1, 0.15) is 0 Å². The van der Waals surface area contributed by atoms with Crippen molar-refractivity contribution in [2.75, 3.05) is 0 Å². The second-order valence-electron chi connectivity index (χ2n) is 3.98. The summed E-state index contributed by atoms with van der Waals surface area (Å²) >= 11 is 0. The number of rotatable bonds is 3. The minimum Gasteiger partial charge on any atom is -0.0651 e. The van der Waals surface area contributed by atoms with Crippen LogP contribution < -0.4 is 0 Å². The number of fused-ring (bicyclic) bond motifs is 1. The average Bonchev–Trinajstić information content (AvgIpc) is 2.28. The fourth-order valence-electron chi connectivity index (χ4n) is 2.10. The number of benzene rings is 2. The minimum atomic E-state index is 0.873. The second-order valence-corrected chi connectivity index (χ2v) is 3.98. The Labute approximate surface area is 91.9 Å². The SMILES string of the molecule is [CH2]Cc1cc(CCC)cc2ccccc12. The molecule has 0 aliphatic carbocycles. The van der Waals surface area contributed by atoms with Crippen LogP contribution in [-0.4, -0.2) is 0 Å². The number of hydrogen-bond acceptors (Lipinski definition) is 0. The van der Waals surface area contributed by atoms with Crippen molar-refractivity contribution in [2.45, 2.75) is 26.2 Å². The molecule has 0 heterocycles. The maximum Gasteiger partial charge on any atom is -0.0152 e. The third kappa shape index (κ3) is 2.04. The Morgan fingerprint density at radius 3 is 2.67 bits per heavy atom. The first-order valence-electron chi connectivity index (χ1n) is 5.65. The van der Waals surface area contributed by atoms with Crippen molar-refractivity contribution >= 4 is 10.8 Å². The van der Waals surface area contributed by atoms with Crippen molar-refractivity contribution in [3.63, 3.8) is 0 Å². The predicted molar refractivity (Wildman–Crippen MR) is 67.0 cm³/mol. The van der Waals surface area contributed by atoms with Crippen molar-refractivity contribution < 1.29 is 0 Å². The van der Waals surface area contributed by atoms with Crippen molar-refractivity contribution in [3.05, 3.63) is 54.4 Å². The number of hydrogen-bond donors (Lipinski definition) is 0. The highest BCUT2D eigenvalue weighted by Gasteiger charge is 2.01. The molecule has 0 spiro atoms. The largest absolute Gasteiger partial charge is 0.0651 e. The first-order valence-corrected chi connectivity index (χ1v) is 5.65. The summed E-state index contributed by atoms with van der Waals surface area (Å²) in [7, 11) is 0. The Morgan fingerprint density at radius 2 is 1.93 bits per heavy atom. The molecule has 0 unspecified atom stereocenters. The van der Waals surface area contributed by atoms with E-state index >= 15 is 0 Å². The Bertz CT molecular complexity index is 455. The van der Waals surface area contributed by atoms with Crippen molar-refractivity contribution in [1.29, 1.82) is 0 Å².